The van der Waals surface area contributed by atoms with Gasteiger partial charge in [0.1, 0.15) is 5.82 Å². The number of nitrogens with one attached hydrogen (secondary N) is 1. The lowest BCUT2D eigenvalue weighted by Crippen LogP contribution is -2.27. The second kappa shape index (κ2) is 6.17. The van der Waals surface area contributed by atoms with Crippen LogP contribution in [0.3, 0.4) is 0 Å². The Kier molecular flexibility index (Phi) is 4.27. The molecule has 1 aliphatic carbocycles. The molecule has 3 heteroatoms. The average molecular weight is 304 g/mol. The Morgan fingerprint density at radius 2 is 2.05 bits per heavy atom. The molecule has 1 aliphatic rings. The van der Waals surface area contributed by atoms with Gasteiger partial charge in [0, 0.05) is 22.5 Å². The van der Waals surface area contributed by atoms with E-state index in [2.05, 4.69) is 29.6 Å². The molecule has 0 aliphatic heterocycles. The number of hydrogen-bond acceptors (Lipinski definition) is 1. The Hall–Kier alpha value is -1.38. The van der Waals surface area contributed by atoms with Gasteiger partial charge in [-0.1, -0.05) is 41.9 Å². The topological polar surface area (TPSA) is 12.0 Å². The van der Waals surface area contributed by atoms with E-state index >= 15 is 0 Å². The van der Waals surface area contributed by atoms with Crippen LogP contribution in [0, 0.1) is 5.82 Å². The van der Waals surface area contributed by atoms with Gasteiger partial charge in [-0.3, -0.25) is 0 Å². The molecule has 2 atom stereocenters. The van der Waals surface area contributed by atoms with Gasteiger partial charge >= 0.3 is 0 Å². The summed E-state index contributed by atoms with van der Waals surface area (Å²) in [6.45, 7) is 0. The van der Waals surface area contributed by atoms with Crippen molar-refractivity contribution in [1.29, 1.82) is 0 Å². The lowest BCUT2D eigenvalue weighted by Gasteiger charge is -2.32. The lowest BCUT2D eigenvalue weighted by molar-refractivity contribution is 0.411. The van der Waals surface area contributed by atoms with E-state index in [0.717, 1.165) is 19.3 Å². The van der Waals surface area contributed by atoms with Crippen molar-refractivity contribution in [3.05, 3.63) is 70.0 Å². The summed E-state index contributed by atoms with van der Waals surface area (Å²) in [5, 5.41) is 3.75. The van der Waals surface area contributed by atoms with Crippen LogP contribution in [0.5, 0.6) is 0 Å². The lowest BCUT2D eigenvalue weighted by atomic mass is 9.76. The second-order valence-electron chi connectivity index (χ2n) is 5.63. The average Bonchev–Trinajstić information content (AvgIpc) is 2.50. The maximum absolute atomic E-state index is 14.3. The quantitative estimate of drug-likeness (QED) is 0.854. The third-order valence-corrected chi connectivity index (χ3v) is 4.66. The third-order valence-electron chi connectivity index (χ3n) is 4.43. The molecule has 1 N–H and O–H groups in total. The van der Waals surface area contributed by atoms with Crippen LogP contribution in [0.2, 0.25) is 5.02 Å². The fraction of sp³-hybridized carbons (Fsp3) is 0.333. The number of rotatable bonds is 3. The van der Waals surface area contributed by atoms with E-state index in [1.165, 1.54) is 17.2 Å². The van der Waals surface area contributed by atoms with Gasteiger partial charge in [-0.15, -0.1) is 0 Å². The summed E-state index contributed by atoms with van der Waals surface area (Å²) in [4.78, 5) is 0. The molecule has 0 saturated carbocycles. The van der Waals surface area contributed by atoms with Gasteiger partial charge < -0.3 is 5.32 Å². The molecule has 0 saturated heterocycles. The Labute approximate surface area is 130 Å². The van der Waals surface area contributed by atoms with Gasteiger partial charge in [0.2, 0.25) is 0 Å². The zero-order chi connectivity index (χ0) is 14.8. The van der Waals surface area contributed by atoms with Gasteiger partial charge in [0.15, 0.2) is 0 Å². The molecule has 0 bridgehead atoms. The molecule has 21 heavy (non-hydrogen) atoms. The van der Waals surface area contributed by atoms with E-state index in [9.17, 15) is 4.39 Å². The minimum Gasteiger partial charge on any atom is -0.312 e. The number of hydrogen-bond donors (Lipinski definition) is 1. The summed E-state index contributed by atoms with van der Waals surface area (Å²) in [6.07, 6.45) is 3.34. The summed E-state index contributed by atoms with van der Waals surface area (Å²) in [7, 11) is 1.90. The molecule has 2 unspecified atom stereocenters. The van der Waals surface area contributed by atoms with Crippen molar-refractivity contribution in [3.8, 4) is 0 Å². The van der Waals surface area contributed by atoms with Crippen LogP contribution in [0.25, 0.3) is 0 Å². The first-order chi connectivity index (χ1) is 10.2. The van der Waals surface area contributed by atoms with E-state index in [1.54, 1.807) is 12.1 Å². The molecule has 0 radical (unpaired) electrons. The highest BCUT2D eigenvalue weighted by molar-refractivity contribution is 6.30. The van der Waals surface area contributed by atoms with Crippen molar-refractivity contribution >= 4 is 11.6 Å². The molecule has 0 spiro atoms. The Balaban J connectivity index is 2.01. The normalized spacial score (nSPS) is 19.1. The zero-order valence-corrected chi connectivity index (χ0v) is 12.8. The predicted octanol–water partition coefficient (Wildman–Crippen LogP) is 4.86. The number of aryl methyl sites for hydroxylation is 1. The molecule has 2 aromatic rings. The fourth-order valence-corrected chi connectivity index (χ4v) is 3.62. The first-order valence-electron chi connectivity index (χ1n) is 7.40. The van der Waals surface area contributed by atoms with Crippen molar-refractivity contribution in [3.63, 3.8) is 0 Å². The summed E-state index contributed by atoms with van der Waals surface area (Å²) in [5.74, 6) is 0.0699. The summed E-state index contributed by atoms with van der Waals surface area (Å²) < 4.78 is 14.3. The fourth-order valence-electron chi connectivity index (χ4n) is 3.46. The molecule has 3 rings (SSSR count). The SMILES string of the molecule is CNC(c1ccc(Cl)cc1F)C1CCCc2ccccc21. The van der Waals surface area contributed by atoms with Crippen LogP contribution in [0.15, 0.2) is 42.5 Å². The van der Waals surface area contributed by atoms with Gasteiger partial charge in [-0.25, -0.2) is 4.39 Å². The number of halogens is 2. The van der Waals surface area contributed by atoms with Crippen LogP contribution in [-0.2, 0) is 6.42 Å². The standard InChI is InChI=1S/C18H19ClFN/c1-21-18(16-10-9-13(19)11-17(16)20)15-8-4-6-12-5-2-3-7-14(12)15/h2-3,5,7,9-11,15,18,21H,4,6,8H2,1H3. The van der Waals surface area contributed by atoms with Crippen molar-refractivity contribution in [2.45, 2.75) is 31.2 Å². The molecule has 0 aromatic heterocycles. The highest BCUT2D eigenvalue weighted by Crippen LogP contribution is 2.41. The van der Waals surface area contributed by atoms with Gasteiger partial charge in [-0.2, -0.15) is 0 Å². The van der Waals surface area contributed by atoms with E-state index < -0.39 is 0 Å². The Morgan fingerprint density at radius 3 is 2.81 bits per heavy atom. The largest absolute Gasteiger partial charge is 0.312 e. The second-order valence-corrected chi connectivity index (χ2v) is 6.07. The molecule has 2 aromatic carbocycles. The number of benzene rings is 2. The molecular weight excluding hydrogens is 285 g/mol. The van der Waals surface area contributed by atoms with E-state index in [-0.39, 0.29) is 11.9 Å². The van der Waals surface area contributed by atoms with Gasteiger partial charge in [-0.05, 0) is 49.6 Å². The Morgan fingerprint density at radius 1 is 1.24 bits per heavy atom. The van der Waals surface area contributed by atoms with E-state index in [1.807, 2.05) is 7.05 Å². The van der Waals surface area contributed by atoms with Crippen molar-refractivity contribution in [2.24, 2.45) is 0 Å². The summed E-state index contributed by atoms with van der Waals surface area (Å²) in [5.41, 5.74) is 3.43. The number of likely N-dealkylation sites (N-methyl/N-ethyl adjacent to an activating group) is 1. The third kappa shape index (κ3) is 2.83. The molecule has 0 heterocycles. The first kappa shape index (κ1) is 14.6. The molecular formula is C18H19ClFN. The van der Waals surface area contributed by atoms with Crippen molar-refractivity contribution < 1.29 is 4.39 Å². The zero-order valence-electron chi connectivity index (χ0n) is 12.1. The predicted molar refractivity (Wildman–Crippen MR) is 85.3 cm³/mol. The maximum atomic E-state index is 14.3. The van der Waals surface area contributed by atoms with Crippen LogP contribution in [-0.4, -0.2) is 7.05 Å². The first-order valence-corrected chi connectivity index (χ1v) is 7.78. The Bertz CT molecular complexity index is 641. The smallest absolute Gasteiger partial charge is 0.129 e. The highest BCUT2D eigenvalue weighted by Gasteiger charge is 2.29. The van der Waals surface area contributed by atoms with Crippen molar-refractivity contribution in [2.75, 3.05) is 7.05 Å². The summed E-state index contributed by atoms with van der Waals surface area (Å²) in [6, 6.07) is 13.5. The molecule has 0 amide bonds. The van der Waals surface area contributed by atoms with E-state index in [4.69, 9.17) is 11.6 Å². The van der Waals surface area contributed by atoms with Crippen LogP contribution < -0.4 is 5.32 Å². The van der Waals surface area contributed by atoms with Gasteiger partial charge in [0.25, 0.3) is 0 Å². The minimum atomic E-state index is -0.232. The monoisotopic (exact) mass is 303 g/mol. The minimum absolute atomic E-state index is 0.0243. The van der Waals surface area contributed by atoms with Crippen LogP contribution in [0.1, 0.15) is 41.5 Å². The molecule has 110 valence electrons. The highest BCUT2D eigenvalue weighted by atomic mass is 35.5. The maximum Gasteiger partial charge on any atom is 0.129 e. The number of fused-ring (bicyclic) bond motifs is 1. The molecule has 1 nitrogen and oxygen atoms in total. The van der Waals surface area contributed by atoms with E-state index in [0.29, 0.717) is 16.5 Å². The summed E-state index contributed by atoms with van der Waals surface area (Å²) >= 11 is 5.87. The van der Waals surface area contributed by atoms with Crippen LogP contribution >= 0.6 is 11.6 Å². The van der Waals surface area contributed by atoms with Gasteiger partial charge in [0.05, 0.1) is 0 Å². The van der Waals surface area contributed by atoms with Crippen molar-refractivity contribution in [1.82, 2.24) is 5.32 Å². The van der Waals surface area contributed by atoms with Crippen LogP contribution in [0.4, 0.5) is 4.39 Å². The molecule has 0 fully saturated rings.